The normalized spacial score (nSPS) is 12.0. The fourth-order valence-electron chi connectivity index (χ4n) is 3.84. The summed E-state index contributed by atoms with van der Waals surface area (Å²) in [6.07, 6.45) is 2.07. The lowest BCUT2D eigenvalue weighted by atomic mass is 9.99. The molecule has 3 aromatic heterocycles. The standard InChI is InChI=1S/C23H32N4OS/c1-14-11-13-29-19(14)10-12-24-20(28)9-8-18-15(2)21-17(4)26-27(23(5,6)7)22(21)25-16(18)3/h11,13H,8-10,12H2,1-7H3,(H,24,28). The fourth-order valence-corrected chi connectivity index (χ4v) is 4.75. The second-order valence-electron chi connectivity index (χ2n) is 8.79. The van der Waals surface area contributed by atoms with Crippen LogP contribution in [0.1, 0.15) is 60.1 Å². The van der Waals surface area contributed by atoms with E-state index in [-0.39, 0.29) is 11.4 Å². The Morgan fingerprint density at radius 3 is 2.48 bits per heavy atom. The second kappa shape index (κ2) is 8.27. The minimum atomic E-state index is -0.124. The number of carbonyl (C=O) groups is 1. The number of pyridine rings is 1. The van der Waals surface area contributed by atoms with E-state index in [1.165, 1.54) is 21.6 Å². The molecule has 0 unspecified atom stereocenters. The van der Waals surface area contributed by atoms with Gasteiger partial charge in [-0.1, -0.05) is 0 Å². The summed E-state index contributed by atoms with van der Waals surface area (Å²) in [4.78, 5) is 18.6. The van der Waals surface area contributed by atoms with Crippen molar-refractivity contribution < 1.29 is 4.79 Å². The molecule has 3 heterocycles. The molecule has 0 fully saturated rings. The Labute approximate surface area is 177 Å². The largest absolute Gasteiger partial charge is 0.356 e. The predicted molar refractivity (Wildman–Crippen MR) is 121 cm³/mol. The van der Waals surface area contributed by atoms with E-state index in [2.05, 4.69) is 51.4 Å². The number of fused-ring (bicyclic) bond motifs is 1. The third kappa shape index (κ3) is 4.53. The van der Waals surface area contributed by atoms with Gasteiger partial charge in [-0.25, -0.2) is 9.67 Å². The average Bonchev–Trinajstić information content (AvgIpc) is 3.17. The van der Waals surface area contributed by atoms with E-state index in [1.807, 2.05) is 18.5 Å². The van der Waals surface area contributed by atoms with Gasteiger partial charge in [0.05, 0.1) is 11.2 Å². The molecule has 3 rings (SSSR count). The summed E-state index contributed by atoms with van der Waals surface area (Å²) in [6, 6.07) is 2.13. The van der Waals surface area contributed by atoms with Gasteiger partial charge < -0.3 is 5.32 Å². The number of hydrogen-bond donors (Lipinski definition) is 1. The van der Waals surface area contributed by atoms with Gasteiger partial charge in [0, 0.05) is 28.9 Å². The highest BCUT2D eigenvalue weighted by molar-refractivity contribution is 7.10. The van der Waals surface area contributed by atoms with Crippen LogP contribution < -0.4 is 5.32 Å². The third-order valence-corrected chi connectivity index (χ3v) is 6.54. The van der Waals surface area contributed by atoms with Crippen LogP contribution in [0, 0.1) is 27.7 Å². The predicted octanol–water partition coefficient (Wildman–Crippen LogP) is 4.77. The Kier molecular flexibility index (Phi) is 6.13. The van der Waals surface area contributed by atoms with Crippen LogP contribution in [0.5, 0.6) is 0 Å². The highest BCUT2D eigenvalue weighted by Crippen LogP contribution is 2.29. The molecule has 0 atom stereocenters. The molecule has 0 aliphatic carbocycles. The van der Waals surface area contributed by atoms with Gasteiger partial charge in [-0.05, 0) is 89.4 Å². The van der Waals surface area contributed by atoms with Crippen LogP contribution in [0.15, 0.2) is 11.4 Å². The maximum atomic E-state index is 12.4. The molecule has 1 amide bonds. The number of aromatic nitrogens is 3. The number of aryl methyl sites for hydroxylation is 4. The monoisotopic (exact) mass is 412 g/mol. The van der Waals surface area contributed by atoms with Gasteiger partial charge in [0.25, 0.3) is 0 Å². The molecule has 5 nitrogen and oxygen atoms in total. The number of amides is 1. The molecule has 0 radical (unpaired) electrons. The van der Waals surface area contributed by atoms with Gasteiger partial charge in [-0.3, -0.25) is 4.79 Å². The van der Waals surface area contributed by atoms with Crippen molar-refractivity contribution in [3.8, 4) is 0 Å². The van der Waals surface area contributed by atoms with Gasteiger partial charge >= 0.3 is 0 Å². The van der Waals surface area contributed by atoms with Gasteiger partial charge in [-0.2, -0.15) is 5.10 Å². The molecule has 0 saturated carbocycles. The first-order valence-corrected chi connectivity index (χ1v) is 11.1. The maximum absolute atomic E-state index is 12.4. The molecular weight excluding hydrogens is 380 g/mol. The Bertz CT molecular complexity index is 1040. The molecule has 0 aliphatic heterocycles. The smallest absolute Gasteiger partial charge is 0.220 e. The van der Waals surface area contributed by atoms with Crippen LogP contribution in [0.3, 0.4) is 0 Å². The SMILES string of the molecule is Cc1ccsc1CCNC(=O)CCc1c(C)nc2c(c(C)nn2C(C)(C)C)c1C. The lowest BCUT2D eigenvalue weighted by molar-refractivity contribution is -0.121. The first kappa shape index (κ1) is 21.5. The van der Waals surface area contributed by atoms with E-state index in [4.69, 9.17) is 10.1 Å². The summed E-state index contributed by atoms with van der Waals surface area (Å²) in [5.41, 5.74) is 6.46. The topological polar surface area (TPSA) is 59.8 Å². The van der Waals surface area contributed by atoms with Crippen LogP contribution in [-0.2, 0) is 23.2 Å². The summed E-state index contributed by atoms with van der Waals surface area (Å²) < 4.78 is 2.01. The van der Waals surface area contributed by atoms with E-state index >= 15 is 0 Å². The Hall–Kier alpha value is -2.21. The molecule has 0 spiro atoms. The Morgan fingerprint density at radius 1 is 1.14 bits per heavy atom. The molecule has 6 heteroatoms. The summed E-state index contributed by atoms with van der Waals surface area (Å²) >= 11 is 1.75. The van der Waals surface area contributed by atoms with E-state index < -0.39 is 0 Å². The quantitative estimate of drug-likeness (QED) is 0.634. The van der Waals surface area contributed by atoms with Crippen LogP contribution in [0.25, 0.3) is 11.0 Å². The Morgan fingerprint density at radius 2 is 1.86 bits per heavy atom. The van der Waals surface area contributed by atoms with Crippen molar-refractivity contribution in [3.05, 3.63) is 44.4 Å². The number of nitrogens with one attached hydrogen (secondary N) is 1. The molecule has 0 bridgehead atoms. The van der Waals surface area contributed by atoms with Crippen LogP contribution >= 0.6 is 11.3 Å². The minimum absolute atomic E-state index is 0.0974. The first-order chi connectivity index (χ1) is 13.6. The summed E-state index contributed by atoms with van der Waals surface area (Å²) in [6.45, 7) is 15.4. The van der Waals surface area contributed by atoms with E-state index in [1.54, 1.807) is 11.3 Å². The number of nitrogens with zero attached hydrogens (tertiary/aromatic N) is 3. The number of hydrogen-bond acceptors (Lipinski definition) is 4. The van der Waals surface area contributed by atoms with Crippen molar-refractivity contribution in [2.24, 2.45) is 0 Å². The zero-order valence-corrected chi connectivity index (χ0v) is 19.5. The third-order valence-electron chi connectivity index (χ3n) is 5.45. The maximum Gasteiger partial charge on any atom is 0.220 e. The van der Waals surface area contributed by atoms with Crippen LogP contribution in [-0.4, -0.2) is 27.2 Å². The van der Waals surface area contributed by atoms with Gasteiger partial charge in [0.1, 0.15) is 0 Å². The average molecular weight is 413 g/mol. The lowest BCUT2D eigenvalue weighted by Crippen LogP contribution is -2.26. The van der Waals surface area contributed by atoms with Crippen molar-refractivity contribution in [1.29, 1.82) is 0 Å². The van der Waals surface area contributed by atoms with Crippen molar-refractivity contribution in [3.63, 3.8) is 0 Å². The van der Waals surface area contributed by atoms with Gasteiger partial charge in [0.2, 0.25) is 5.91 Å². The fraction of sp³-hybridized carbons (Fsp3) is 0.522. The number of thiophene rings is 1. The lowest BCUT2D eigenvalue weighted by Gasteiger charge is -2.20. The molecule has 3 aromatic rings. The highest BCUT2D eigenvalue weighted by Gasteiger charge is 2.23. The molecule has 156 valence electrons. The molecule has 0 aromatic carbocycles. The van der Waals surface area contributed by atoms with Crippen molar-refractivity contribution in [2.75, 3.05) is 6.54 Å². The highest BCUT2D eigenvalue weighted by atomic mass is 32.1. The van der Waals surface area contributed by atoms with Crippen molar-refractivity contribution in [2.45, 2.75) is 73.3 Å². The van der Waals surface area contributed by atoms with E-state index in [0.29, 0.717) is 19.4 Å². The Balaban J connectivity index is 1.71. The molecular formula is C23H32N4OS. The van der Waals surface area contributed by atoms with Crippen LogP contribution in [0.4, 0.5) is 0 Å². The minimum Gasteiger partial charge on any atom is -0.356 e. The zero-order chi connectivity index (χ0) is 21.3. The molecule has 1 N–H and O–H groups in total. The number of rotatable bonds is 6. The molecule has 0 aliphatic rings. The first-order valence-electron chi connectivity index (χ1n) is 10.2. The van der Waals surface area contributed by atoms with Crippen molar-refractivity contribution in [1.82, 2.24) is 20.1 Å². The number of carbonyl (C=O) groups excluding carboxylic acids is 1. The zero-order valence-electron chi connectivity index (χ0n) is 18.6. The van der Waals surface area contributed by atoms with Gasteiger partial charge in [0.15, 0.2) is 5.65 Å². The summed E-state index contributed by atoms with van der Waals surface area (Å²) in [7, 11) is 0. The molecule has 0 saturated heterocycles. The summed E-state index contributed by atoms with van der Waals surface area (Å²) in [5.74, 6) is 0.0974. The van der Waals surface area contributed by atoms with Crippen molar-refractivity contribution >= 4 is 28.3 Å². The summed E-state index contributed by atoms with van der Waals surface area (Å²) in [5, 5.41) is 11.0. The molecule has 29 heavy (non-hydrogen) atoms. The van der Waals surface area contributed by atoms with Gasteiger partial charge in [-0.15, -0.1) is 11.3 Å². The van der Waals surface area contributed by atoms with Crippen LogP contribution in [0.2, 0.25) is 0 Å². The van der Waals surface area contributed by atoms with E-state index in [0.717, 1.165) is 28.8 Å². The second-order valence-corrected chi connectivity index (χ2v) is 9.79. The van der Waals surface area contributed by atoms with E-state index in [9.17, 15) is 4.79 Å².